The van der Waals surface area contributed by atoms with E-state index in [1.807, 2.05) is 6.92 Å². The summed E-state index contributed by atoms with van der Waals surface area (Å²) in [7, 11) is 0. The fraction of sp³-hybridized carbons (Fsp3) is 0.250. The fourth-order valence-electron chi connectivity index (χ4n) is 2.97. The van der Waals surface area contributed by atoms with Gasteiger partial charge in [0.25, 0.3) is 0 Å². The van der Waals surface area contributed by atoms with Crippen molar-refractivity contribution >= 4 is 51.7 Å². The lowest BCUT2D eigenvalue weighted by Crippen LogP contribution is -2.45. The molecule has 1 unspecified atom stereocenters. The van der Waals surface area contributed by atoms with Gasteiger partial charge in [0, 0.05) is 29.7 Å². The van der Waals surface area contributed by atoms with Crippen LogP contribution < -0.4 is 14.8 Å². The zero-order valence-electron chi connectivity index (χ0n) is 15.6. The van der Waals surface area contributed by atoms with Crippen molar-refractivity contribution in [2.45, 2.75) is 18.6 Å². The lowest BCUT2D eigenvalue weighted by Gasteiger charge is -2.30. The number of rotatable bonds is 4. The van der Waals surface area contributed by atoms with Crippen LogP contribution in [0.15, 0.2) is 47.5 Å². The van der Waals surface area contributed by atoms with E-state index in [0.29, 0.717) is 39.6 Å². The van der Waals surface area contributed by atoms with Gasteiger partial charge in [-0.1, -0.05) is 23.4 Å². The van der Waals surface area contributed by atoms with Gasteiger partial charge in [-0.25, -0.2) is 4.99 Å². The van der Waals surface area contributed by atoms with Crippen LogP contribution >= 0.6 is 23.4 Å². The Hall–Kier alpha value is -2.71. The molecule has 2 heterocycles. The second-order valence-corrected chi connectivity index (χ2v) is 7.98. The molecule has 0 radical (unpaired) electrons. The van der Waals surface area contributed by atoms with Crippen LogP contribution in [0.5, 0.6) is 11.5 Å². The van der Waals surface area contributed by atoms with Crippen molar-refractivity contribution in [3.63, 3.8) is 0 Å². The molecule has 0 aromatic heterocycles. The first-order valence-corrected chi connectivity index (χ1v) is 10.3. The summed E-state index contributed by atoms with van der Waals surface area (Å²) < 4.78 is 10.7. The molecule has 1 atom stereocenters. The summed E-state index contributed by atoms with van der Waals surface area (Å²) in [5.41, 5.74) is 1.25. The number of anilines is 1. The van der Waals surface area contributed by atoms with Gasteiger partial charge in [0.15, 0.2) is 16.7 Å². The average molecular weight is 432 g/mol. The van der Waals surface area contributed by atoms with Crippen molar-refractivity contribution in [3.05, 3.63) is 47.5 Å². The summed E-state index contributed by atoms with van der Waals surface area (Å²) in [5.74, 6) is 0.884. The number of ether oxygens (including phenoxy) is 2. The smallest absolute Gasteiger partial charge is 0.238 e. The molecule has 7 nitrogen and oxygen atoms in total. The Morgan fingerprint density at radius 3 is 2.76 bits per heavy atom. The third kappa shape index (κ3) is 4.33. The molecule has 0 aliphatic carbocycles. The second-order valence-electron chi connectivity index (χ2n) is 6.38. The molecule has 4 rings (SSSR count). The number of fused-ring (bicyclic) bond motifs is 1. The number of carbonyl (C=O) groups excluding carboxylic acids is 2. The quantitative estimate of drug-likeness (QED) is 0.789. The van der Waals surface area contributed by atoms with Gasteiger partial charge in [-0.05, 0) is 43.3 Å². The highest BCUT2D eigenvalue weighted by atomic mass is 35.5. The second kappa shape index (κ2) is 8.34. The normalized spacial score (nSPS) is 19.5. The van der Waals surface area contributed by atoms with E-state index in [0.717, 1.165) is 0 Å². The predicted molar refractivity (Wildman–Crippen MR) is 113 cm³/mol. The van der Waals surface area contributed by atoms with E-state index < -0.39 is 5.25 Å². The van der Waals surface area contributed by atoms with E-state index in [1.54, 1.807) is 47.4 Å². The van der Waals surface area contributed by atoms with Gasteiger partial charge in [-0.3, -0.25) is 14.5 Å². The maximum absolute atomic E-state index is 12.7. The van der Waals surface area contributed by atoms with Crippen molar-refractivity contribution in [2.75, 3.05) is 18.7 Å². The van der Waals surface area contributed by atoms with Crippen LogP contribution in [0.2, 0.25) is 5.02 Å². The van der Waals surface area contributed by atoms with Crippen LogP contribution in [0.4, 0.5) is 11.4 Å². The first kappa shape index (κ1) is 19.6. The van der Waals surface area contributed by atoms with Crippen LogP contribution in [0.3, 0.4) is 0 Å². The molecule has 2 aromatic carbocycles. The lowest BCUT2D eigenvalue weighted by atomic mass is 10.2. The minimum absolute atomic E-state index is 0.109. The van der Waals surface area contributed by atoms with E-state index in [-0.39, 0.29) is 25.0 Å². The van der Waals surface area contributed by atoms with Crippen LogP contribution in [0.1, 0.15) is 13.3 Å². The molecule has 2 amide bonds. The fourth-order valence-corrected chi connectivity index (χ4v) is 4.26. The number of benzene rings is 2. The highest BCUT2D eigenvalue weighted by molar-refractivity contribution is 8.15. The van der Waals surface area contributed by atoms with Crippen molar-refractivity contribution < 1.29 is 19.1 Å². The number of hydrogen-bond acceptors (Lipinski definition) is 6. The third-order valence-electron chi connectivity index (χ3n) is 4.44. The van der Waals surface area contributed by atoms with Crippen LogP contribution in [-0.4, -0.2) is 40.5 Å². The molecule has 1 fully saturated rings. The summed E-state index contributed by atoms with van der Waals surface area (Å²) in [6.07, 6.45) is 0.109. The Labute approximate surface area is 177 Å². The summed E-state index contributed by atoms with van der Waals surface area (Å²) in [5, 5.41) is 3.32. The highest BCUT2D eigenvalue weighted by Gasteiger charge is 2.35. The van der Waals surface area contributed by atoms with E-state index >= 15 is 0 Å². The lowest BCUT2D eigenvalue weighted by molar-refractivity contribution is -0.129. The monoisotopic (exact) mass is 431 g/mol. The Morgan fingerprint density at radius 2 is 2.00 bits per heavy atom. The van der Waals surface area contributed by atoms with E-state index in [9.17, 15) is 9.59 Å². The number of carbonyl (C=O) groups is 2. The van der Waals surface area contributed by atoms with Gasteiger partial charge >= 0.3 is 0 Å². The average Bonchev–Trinajstić information content (AvgIpc) is 3.17. The molecule has 0 spiro atoms. The minimum atomic E-state index is -0.575. The van der Waals surface area contributed by atoms with Gasteiger partial charge in [0.1, 0.15) is 5.25 Å². The topological polar surface area (TPSA) is 80.2 Å². The van der Waals surface area contributed by atoms with Crippen LogP contribution in [-0.2, 0) is 9.59 Å². The Bertz CT molecular complexity index is 980. The number of hydrogen-bond donors (Lipinski definition) is 1. The summed E-state index contributed by atoms with van der Waals surface area (Å²) in [6, 6.07) is 12.1. The number of aliphatic imine (C=N–C) groups is 1. The van der Waals surface area contributed by atoms with Gasteiger partial charge in [-0.15, -0.1) is 0 Å². The molecule has 0 bridgehead atoms. The summed E-state index contributed by atoms with van der Waals surface area (Å²) in [6.45, 7) is 2.53. The molecule has 0 saturated carbocycles. The van der Waals surface area contributed by atoms with E-state index in [4.69, 9.17) is 21.1 Å². The number of nitrogens with zero attached hydrogens (tertiary/aromatic N) is 2. The molecule has 1 N–H and O–H groups in total. The van der Waals surface area contributed by atoms with Gasteiger partial charge in [0.2, 0.25) is 18.6 Å². The van der Waals surface area contributed by atoms with Crippen molar-refractivity contribution in [2.24, 2.45) is 4.99 Å². The van der Waals surface area contributed by atoms with Gasteiger partial charge < -0.3 is 14.8 Å². The van der Waals surface area contributed by atoms with E-state index in [2.05, 4.69) is 10.3 Å². The van der Waals surface area contributed by atoms with Crippen LogP contribution in [0, 0.1) is 0 Å². The number of halogens is 1. The molecule has 29 heavy (non-hydrogen) atoms. The highest BCUT2D eigenvalue weighted by Crippen LogP contribution is 2.36. The first-order chi connectivity index (χ1) is 14.0. The summed E-state index contributed by atoms with van der Waals surface area (Å²) in [4.78, 5) is 31.5. The Balaban J connectivity index is 1.55. The van der Waals surface area contributed by atoms with E-state index in [1.165, 1.54) is 11.8 Å². The molecule has 1 saturated heterocycles. The number of thioether (sulfide) groups is 1. The molecule has 2 aromatic rings. The maximum Gasteiger partial charge on any atom is 0.238 e. The molecular formula is C20H18ClN3O4S. The van der Waals surface area contributed by atoms with Gasteiger partial charge in [-0.2, -0.15) is 0 Å². The SMILES string of the molecule is CCN1C(=O)CC(C(=O)Nc2ccc(Cl)cc2)SC1=Nc1ccc2c(c1)OCO2. The first-order valence-electron chi connectivity index (χ1n) is 9.05. The zero-order valence-corrected chi connectivity index (χ0v) is 17.1. The van der Waals surface area contributed by atoms with Gasteiger partial charge in [0.05, 0.1) is 5.69 Å². The third-order valence-corrected chi connectivity index (χ3v) is 5.88. The predicted octanol–water partition coefficient (Wildman–Crippen LogP) is 4.05. The van der Waals surface area contributed by atoms with Crippen LogP contribution in [0.25, 0.3) is 0 Å². The Morgan fingerprint density at radius 1 is 1.24 bits per heavy atom. The van der Waals surface area contributed by atoms with Crippen molar-refractivity contribution in [1.82, 2.24) is 4.90 Å². The number of amidine groups is 1. The molecule has 2 aliphatic heterocycles. The number of amides is 2. The minimum Gasteiger partial charge on any atom is -0.454 e. The standard InChI is InChI=1S/C20H18ClN3O4S/c1-2-24-18(25)10-17(19(26)22-13-5-3-12(21)4-6-13)29-20(24)23-14-7-8-15-16(9-14)28-11-27-15/h3-9,17H,2,10-11H2,1H3,(H,22,26). The number of nitrogens with one attached hydrogen (secondary N) is 1. The largest absolute Gasteiger partial charge is 0.454 e. The summed E-state index contributed by atoms with van der Waals surface area (Å²) >= 11 is 7.15. The molecule has 150 valence electrons. The molecule has 9 heteroatoms. The molecule has 2 aliphatic rings. The zero-order chi connectivity index (χ0) is 20.4. The molecular weight excluding hydrogens is 414 g/mol. The maximum atomic E-state index is 12.7. The van der Waals surface area contributed by atoms with Crippen molar-refractivity contribution in [1.29, 1.82) is 0 Å². The Kier molecular flexibility index (Phi) is 5.64. The van der Waals surface area contributed by atoms with Crippen molar-refractivity contribution in [3.8, 4) is 11.5 Å².